The largest absolute Gasteiger partial charge is 0.309 e. The molecule has 4 heteroatoms. The summed E-state index contributed by atoms with van der Waals surface area (Å²) in [5.41, 5.74) is 16.8. The highest BCUT2D eigenvalue weighted by molar-refractivity contribution is 6.33. The van der Waals surface area contributed by atoms with Gasteiger partial charge in [0, 0.05) is 59.7 Å². The minimum Gasteiger partial charge on any atom is -0.309 e. The average molecular weight is 859 g/mol. The molecule has 0 saturated heterocycles. The Morgan fingerprint density at radius 1 is 0.373 bits per heavy atom. The lowest BCUT2D eigenvalue weighted by molar-refractivity contribution is 0.591. The fraction of sp³-hybridized carbons (Fsp3) is 0.127. The summed E-state index contributed by atoms with van der Waals surface area (Å²) in [7, 11) is 0. The summed E-state index contributed by atoms with van der Waals surface area (Å²) >= 11 is 0. The van der Waals surface area contributed by atoms with Crippen LogP contribution >= 0.6 is 0 Å². The molecule has 0 aliphatic rings. The lowest BCUT2D eigenvalue weighted by Crippen LogP contribution is -2.10. The fourth-order valence-corrected chi connectivity index (χ4v) is 12.1. The fourth-order valence-electron chi connectivity index (χ4n) is 12.1. The van der Waals surface area contributed by atoms with E-state index in [1.54, 1.807) is 0 Å². The molecule has 0 amide bonds. The molecule has 318 valence electrons. The van der Waals surface area contributed by atoms with E-state index in [0.29, 0.717) is 0 Å². The van der Waals surface area contributed by atoms with Crippen LogP contribution in [-0.2, 0) is 10.8 Å². The van der Waals surface area contributed by atoms with Crippen molar-refractivity contribution in [1.29, 1.82) is 0 Å². The normalized spacial score (nSPS) is 13.2. The van der Waals surface area contributed by atoms with Crippen LogP contribution in [0.4, 0.5) is 0 Å². The SMILES string of the molecule is CC(C)(C)c1ccc2c(c1)c1cc3ccccc3c3c4nc5c(cc4n2c13)c1cc(C(C)(C)C)cc2c3cc4ccccc4c(-c4ccc6c(c4)c4ccccc4n6-c4ccccc4)c3n5c12. The molecule has 15 aromatic rings. The van der Waals surface area contributed by atoms with Gasteiger partial charge in [-0.25, -0.2) is 4.98 Å². The van der Waals surface area contributed by atoms with Gasteiger partial charge in [-0.05, 0) is 122 Å². The summed E-state index contributed by atoms with van der Waals surface area (Å²) in [6, 6.07) is 64.1. The van der Waals surface area contributed by atoms with E-state index in [-0.39, 0.29) is 10.8 Å². The Balaban J connectivity index is 1.14. The van der Waals surface area contributed by atoms with Gasteiger partial charge in [0.2, 0.25) is 0 Å². The number of fused-ring (bicyclic) bond motifs is 18. The van der Waals surface area contributed by atoms with Crippen LogP contribution in [0.2, 0.25) is 0 Å². The topological polar surface area (TPSA) is 26.6 Å². The molecule has 0 radical (unpaired) electrons. The molecule has 67 heavy (non-hydrogen) atoms. The van der Waals surface area contributed by atoms with Crippen LogP contribution in [0.25, 0.3) is 137 Å². The Kier molecular flexibility index (Phi) is 6.94. The number of para-hydroxylation sites is 2. The van der Waals surface area contributed by atoms with Gasteiger partial charge < -0.3 is 8.97 Å². The van der Waals surface area contributed by atoms with E-state index in [4.69, 9.17) is 4.98 Å². The van der Waals surface area contributed by atoms with E-state index in [1.165, 1.54) is 125 Å². The van der Waals surface area contributed by atoms with E-state index in [0.717, 1.165) is 22.4 Å². The second-order valence-electron chi connectivity index (χ2n) is 21.2. The van der Waals surface area contributed by atoms with Crippen molar-refractivity contribution in [1.82, 2.24) is 18.4 Å². The highest BCUT2D eigenvalue weighted by atomic mass is 15.0. The van der Waals surface area contributed by atoms with Crippen molar-refractivity contribution in [2.24, 2.45) is 0 Å². The lowest BCUT2D eigenvalue weighted by atomic mass is 9.85. The maximum absolute atomic E-state index is 6.00. The molecule has 6 aromatic heterocycles. The molecule has 0 saturated carbocycles. The van der Waals surface area contributed by atoms with Gasteiger partial charge in [0.1, 0.15) is 5.65 Å². The number of nitrogens with zero attached hydrogens (tertiary/aromatic N) is 4. The monoisotopic (exact) mass is 858 g/mol. The molecule has 0 aliphatic heterocycles. The maximum atomic E-state index is 6.00. The first-order chi connectivity index (χ1) is 32.5. The summed E-state index contributed by atoms with van der Waals surface area (Å²) in [4.78, 5) is 6.00. The van der Waals surface area contributed by atoms with Gasteiger partial charge in [-0.1, -0.05) is 139 Å². The van der Waals surface area contributed by atoms with E-state index in [1.807, 2.05) is 0 Å². The molecule has 0 atom stereocenters. The van der Waals surface area contributed by atoms with E-state index in [2.05, 4.69) is 225 Å². The Morgan fingerprint density at radius 3 is 1.72 bits per heavy atom. The predicted molar refractivity (Wildman–Crippen MR) is 286 cm³/mol. The van der Waals surface area contributed by atoms with E-state index in [9.17, 15) is 0 Å². The molecule has 0 N–H and O–H groups in total. The minimum atomic E-state index is -0.0770. The second-order valence-corrected chi connectivity index (χ2v) is 21.2. The summed E-state index contributed by atoms with van der Waals surface area (Å²) in [6.07, 6.45) is 0. The number of aromatic nitrogens is 4. The number of rotatable bonds is 2. The van der Waals surface area contributed by atoms with Gasteiger partial charge in [0.15, 0.2) is 0 Å². The van der Waals surface area contributed by atoms with Crippen molar-refractivity contribution in [2.75, 3.05) is 0 Å². The first-order valence-electron chi connectivity index (χ1n) is 23.7. The smallest absolute Gasteiger partial charge is 0.146 e. The summed E-state index contributed by atoms with van der Waals surface area (Å²) in [5.74, 6) is 0. The van der Waals surface area contributed by atoms with Crippen molar-refractivity contribution >= 4 is 120 Å². The van der Waals surface area contributed by atoms with Crippen molar-refractivity contribution < 1.29 is 0 Å². The zero-order valence-electron chi connectivity index (χ0n) is 38.5. The van der Waals surface area contributed by atoms with Gasteiger partial charge >= 0.3 is 0 Å². The van der Waals surface area contributed by atoms with Gasteiger partial charge in [-0.3, -0.25) is 4.40 Å². The Labute approximate surface area is 386 Å². The molecule has 0 bridgehead atoms. The zero-order chi connectivity index (χ0) is 44.8. The third kappa shape index (κ3) is 4.79. The summed E-state index contributed by atoms with van der Waals surface area (Å²) in [6.45, 7) is 14.0. The molecule has 15 rings (SSSR count). The van der Waals surface area contributed by atoms with Crippen LogP contribution in [0.15, 0.2) is 170 Å². The van der Waals surface area contributed by atoms with E-state index < -0.39 is 0 Å². The number of pyridine rings is 1. The number of benzene rings is 9. The van der Waals surface area contributed by atoms with Crippen molar-refractivity contribution in [3.63, 3.8) is 0 Å². The molecule has 0 aliphatic carbocycles. The Hall–Kier alpha value is -7.95. The van der Waals surface area contributed by atoms with Crippen LogP contribution in [0.1, 0.15) is 52.7 Å². The van der Waals surface area contributed by atoms with Crippen LogP contribution < -0.4 is 0 Å². The van der Waals surface area contributed by atoms with Crippen molar-refractivity contribution in [3.05, 3.63) is 181 Å². The Morgan fingerprint density at radius 2 is 0.955 bits per heavy atom. The van der Waals surface area contributed by atoms with Gasteiger partial charge in [-0.2, -0.15) is 0 Å². The molecule has 0 unspecified atom stereocenters. The van der Waals surface area contributed by atoms with Gasteiger partial charge in [0.25, 0.3) is 0 Å². The molecule has 0 fully saturated rings. The molecule has 4 nitrogen and oxygen atoms in total. The predicted octanol–water partition coefficient (Wildman–Crippen LogP) is 17.0. The van der Waals surface area contributed by atoms with Crippen molar-refractivity contribution in [2.45, 2.75) is 52.4 Å². The highest BCUT2D eigenvalue weighted by Gasteiger charge is 2.29. The van der Waals surface area contributed by atoms with E-state index >= 15 is 0 Å². The number of hydrogen-bond donors (Lipinski definition) is 0. The van der Waals surface area contributed by atoms with Crippen LogP contribution in [0, 0.1) is 0 Å². The molecular formula is C63H46N4. The van der Waals surface area contributed by atoms with Crippen molar-refractivity contribution in [3.8, 4) is 16.8 Å². The van der Waals surface area contributed by atoms with Crippen LogP contribution in [-0.4, -0.2) is 18.4 Å². The molecule has 9 aromatic carbocycles. The molecule has 6 heterocycles. The zero-order valence-corrected chi connectivity index (χ0v) is 38.5. The van der Waals surface area contributed by atoms with Crippen LogP contribution in [0.3, 0.4) is 0 Å². The third-order valence-corrected chi connectivity index (χ3v) is 15.3. The third-order valence-electron chi connectivity index (χ3n) is 15.3. The number of hydrogen-bond acceptors (Lipinski definition) is 1. The first-order valence-corrected chi connectivity index (χ1v) is 23.7. The maximum Gasteiger partial charge on any atom is 0.146 e. The minimum absolute atomic E-state index is 0.0311. The van der Waals surface area contributed by atoms with Crippen LogP contribution in [0.5, 0.6) is 0 Å². The quantitative estimate of drug-likeness (QED) is 0.170. The molecular weight excluding hydrogens is 813 g/mol. The lowest BCUT2D eigenvalue weighted by Gasteiger charge is -2.19. The standard InChI is InChI=1S/C63H46N4/c1-62(2,3)38-25-27-53-45(31-38)46-28-36-17-11-13-21-42(36)56-57-54(66(53)60(46)56)34-50-49-33-39(63(4,5)6)32-48-47-29-35-16-10-12-20-41(35)55(59(47)67(58(48)49)61(50)64-57)37-24-26-52-44(30-37)43-22-14-15-23-51(43)65(52)40-18-8-7-9-19-40/h7-34H,1-6H3. The molecule has 0 spiro atoms. The first kappa shape index (κ1) is 37.3. The second kappa shape index (κ2) is 12.5. The Bertz CT molecular complexity index is 4620. The summed E-state index contributed by atoms with van der Waals surface area (Å²) in [5, 5.41) is 16.2. The van der Waals surface area contributed by atoms with Gasteiger partial charge in [0.05, 0.1) is 44.1 Å². The highest BCUT2D eigenvalue weighted by Crippen LogP contribution is 2.50. The average Bonchev–Trinajstić information content (AvgIpc) is 4.12. The van der Waals surface area contributed by atoms with Gasteiger partial charge in [-0.15, -0.1) is 0 Å². The summed E-state index contributed by atoms with van der Waals surface area (Å²) < 4.78 is 7.48.